The number of nitrogens with zero attached hydrogens (tertiary/aromatic N) is 2. The van der Waals surface area contributed by atoms with Crippen molar-refractivity contribution in [3.05, 3.63) is 23.4 Å². The van der Waals surface area contributed by atoms with Gasteiger partial charge in [0, 0.05) is 24.8 Å². The predicted molar refractivity (Wildman–Crippen MR) is 88.3 cm³/mol. The Kier molecular flexibility index (Phi) is 7.00. The lowest BCUT2D eigenvalue weighted by atomic mass is 10.1. The predicted octanol–water partition coefficient (Wildman–Crippen LogP) is 3.76. The first-order valence-electron chi connectivity index (χ1n) is 7.89. The molecule has 0 bridgehead atoms. The van der Waals surface area contributed by atoms with E-state index < -0.39 is 0 Å². The summed E-state index contributed by atoms with van der Waals surface area (Å²) in [6.07, 6.45) is 1.15. The van der Waals surface area contributed by atoms with E-state index in [1.165, 1.54) is 5.56 Å². The molecule has 0 unspecified atom stereocenters. The molecule has 0 fully saturated rings. The molecule has 1 aromatic rings. The molecule has 0 saturated carbocycles. The molecule has 1 N–H and O–H groups in total. The van der Waals surface area contributed by atoms with E-state index in [1.54, 1.807) is 0 Å². The fraction of sp³-hybridized carbons (Fsp3) is 0.706. The van der Waals surface area contributed by atoms with Crippen LogP contribution in [0.4, 0.5) is 5.82 Å². The van der Waals surface area contributed by atoms with Gasteiger partial charge in [-0.05, 0) is 51.3 Å². The Morgan fingerprint density at radius 3 is 2.40 bits per heavy atom. The molecule has 0 amide bonds. The molecule has 0 atom stereocenters. The summed E-state index contributed by atoms with van der Waals surface area (Å²) in [6.45, 7) is 16.3. The Balaban J connectivity index is 2.75. The summed E-state index contributed by atoms with van der Waals surface area (Å²) in [4.78, 5) is 7.17. The standard InChI is InChI=1S/C17H31N3/c1-7-10-20(14(4)5)17-9-8-16(15(6)19-17)12-18-11-13(2)3/h8-9,13-14,18H,7,10-12H2,1-6H3. The molecule has 0 aliphatic rings. The van der Waals surface area contributed by atoms with E-state index in [0.717, 1.165) is 37.6 Å². The molecule has 3 nitrogen and oxygen atoms in total. The lowest BCUT2D eigenvalue weighted by Gasteiger charge is -2.28. The zero-order chi connectivity index (χ0) is 15.1. The third-order valence-corrected chi connectivity index (χ3v) is 3.43. The normalized spacial score (nSPS) is 11.4. The number of hydrogen-bond donors (Lipinski definition) is 1. The molecule has 0 saturated heterocycles. The minimum absolute atomic E-state index is 0.492. The molecule has 0 aromatic carbocycles. The van der Waals surface area contributed by atoms with E-state index in [-0.39, 0.29) is 0 Å². The van der Waals surface area contributed by atoms with E-state index in [1.807, 2.05) is 0 Å². The van der Waals surface area contributed by atoms with Gasteiger partial charge < -0.3 is 10.2 Å². The van der Waals surface area contributed by atoms with Crippen LogP contribution in [0, 0.1) is 12.8 Å². The Morgan fingerprint density at radius 2 is 1.90 bits per heavy atom. The summed E-state index contributed by atoms with van der Waals surface area (Å²) in [6, 6.07) is 4.87. The van der Waals surface area contributed by atoms with Crippen molar-refractivity contribution in [1.29, 1.82) is 0 Å². The highest BCUT2D eigenvalue weighted by Gasteiger charge is 2.12. The first kappa shape index (κ1) is 17.0. The smallest absolute Gasteiger partial charge is 0.129 e. The first-order valence-corrected chi connectivity index (χ1v) is 7.89. The van der Waals surface area contributed by atoms with Gasteiger partial charge in [0.25, 0.3) is 0 Å². The van der Waals surface area contributed by atoms with Crippen molar-refractivity contribution in [2.24, 2.45) is 5.92 Å². The zero-order valence-corrected chi connectivity index (χ0v) is 14.0. The number of hydrogen-bond acceptors (Lipinski definition) is 3. The fourth-order valence-corrected chi connectivity index (χ4v) is 2.30. The molecule has 0 spiro atoms. The summed E-state index contributed by atoms with van der Waals surface area (Å²) in [5.41, 5.74) is 2.44. The van der Waals surface area contributed by atoms with Crippen LogP contribution >= 0.6 is 0 Å². The molecule has 3 heteroatoms. The Bertz CT molecular complexity index is 399. The van der Waals surface area contributed by atoms with Crippen LogP contribution in [-0.2, 0) is 6.54 Å². The number of anilines is 1. The SMILES string of the molecule is CCCN(c1ccc(CNCC(C)C)c(C)n1)C(C)C. The van der Waals surface area contributed by atoms with Gasteiger partial charge in [-0.1, -0.05) is 26.8 Å². The zero-order valence-electron chi connectivity index (χ0n) is 14.0. The van der Waals surface area contributed by atoms with Crippen molar-refractivity contribution >= 4 is 5.82 Å². The van der Waals surface area contributed by atoms with Crippen molar-refractivity contribution in [1.82, 2.24) is 10.3 Å². The van der Waals surface area contributed by atoms with Crippen LogP contribution in [0.25, 0.3) is 0 Å². The van der Waals surface area contributed by atoms with Crippen LogP contribution in [0.2, 0.25) is 0 Å². The maximum Gasteiger partial charge on any atom is 0.129 e. The largest absolute Gasteiger partial charge is 0.354 e. The summed E-state index contributed by atoms with van der Waals surface area (Å²) in [5.74, 6) is 1.79. The summed E-state index contributed by atoms with van der Waals surface area (Å²) in [5, 5.41) is 3.48. The molecule has 0 aliphatic carbocycles. The molecule has 1 heterocycles. The van der Waals surface area contributed by atoms with Gasteiger partial charge in [0.05, 0.1) is 0 Å². The van der Waals surface area contributed by atoms with Crippen LogP contribution in [0.15, 0.2) is 12.1 Å². The van der Waals surface area contributed by atoms with Crippen LogP contribution in [0.3, 0.4) is 0 Å². The molecular formula is C17H31N3. The first-order chi connectivity index (χ1) is 9.45. The average molecular weight is 277 g/mol. The lowest BCUT2D eigenvalue weighted by Crippen LogP contribution is -2.32. The molecule has 1 aromatic heterocycles. The quantitative estimate of drug-likeness (QED) is 0.784. The van der Waals surface area contributed by atoms with Gasteiger partial charge in [-0.15, -0.1) is 0 Å². The van der Waals surface area contributed by atoms with E-state index in [4.69, 9.17) is 4.98 Å². The van der Waals surface area contributed by atoms with Gasteiger partial charge in [0.2, 0.25) is 0 Å². The summed E-state index contributed by atoms with van der Waals surface area (Å²) >= 11 is 0. The van der Waals surface area contributed by atoms with E-state index in [0.29, 0.717) is 12.0 Å². The van der Waals surface area contributed by atoms with Gasteiger partial charge in [-0.3, -0.25) is 0 Å². The molecule has 20 heavy (non-hydrogen) atoms. The fourth-order valence-electron chi connectivity index (χ4n) is 2.30. The minimum Gasteiger partial charge on any atom is -0.354 e. The Morgan fingerprint density at radius 1 is 1.20 bits per heavy atom. The van der Waals surface area contributed by atoms with Gasteiger partial charge in [-0.25, -0.2) is 4.98 Å². The average Bonchev–Trinajstić information content (AvgIpc) is 2.37. The topological polar surface area (TPSA) is 28.2 Å². The summed E-state index contributed by atoms with van der Waals surface area (Å²) < 4.78 is 0. The van der Waals surface area contributed by atoms with Crippen LogP contribution < -0.4 is 10.2 Å². The summed E-state index contributed by atoms with van der Waals surface area (Å²) in [7, 11) is 0. The Labute approximate surface area is 124 Å². The molecular weight excluding hydrogens is 246 g/mol. The highest BCUT2D eigenvalue weighted by molar-refractivity contribution is 5.42. The van der Waals surface area contributed by atoms with Gasteiger partial charge >= 0.3 is 0 Å². The van der Waals surface area contributed by atoms with Crippen molar-refractivity contribution in [3.63, 3.8) is 0 Å². The molecule has 0 radical (unpaired) electrons. The van der Waals surface area contributed by atoms with Gasteiger partial charge in [-0.2, -0.15) is 0 Å². The second-order valence-electron chi connectivity index (χ2n) is 6.23. The van der Waals surface area contributed by atoms with Crippen molar-refractivity contribution in [2.75, 3.05) is 18.0 Å². The third kappa shape index (κ3) is 5.12. The third-order valence-electron chi connectivity index (χ3n) is 3.43. The minimum atomic E-state index is 0.492. The van der Waals surface area contributed by atoms with Gasteiger partial charge in [0.1, 0.15) is 5.82 Å². The monoisotopic (exact) mass is 277 g/mol. The van der Waals surface area contributed by atoms with Gasteiger partial charge in [0.15, 0.2) is 0 Å². The highest BCUT2D eigenvalue weighted by atomic mass is 15.2. The second-order valence-corrected chi connectivity index (χ2v) is 6.23. The number of nitrogens with one attached hydrogen (secondary N) is 1. The van der Waals surface area contributed by atoms with E-state index >= 15 is 0 Å². The number of pyridine rings is 1. The van der Waals surface area contributed by atoms with Crippen LogP contribution in [-0.4, -0.2) is 24.1 Å². The van der Waals surface area contributed by atoms with E-state index in [9.17, 15) is 0 Å². The molecule has 114 valence electrons. The van der Waals surface area contributed by atoms with Crippen molar-refractivity contribution in [2.45, 2.75) is 60.5 Å². The number of aryl methyl sites for hydroxylation is 1. The number of rotatable bonds is 8. The van der Waals surface area contributed by atoms with Crippen LogP contribution in [0.1, 0.15) is 52.3 Å². The second kappa shape index (κ2) is 8.25. The Hall–Kier alpha value is -1.09. The highest BCUT2D eigenvalue weighted by Crippen LogP contribution is 2.17. The van der Waals surface area contributed by atoms with Crippen LogP contribution in [0.5, 0.6) is 0 Å². The number of aromatic nitrogens is 1. The van der Waals surface area contributed by atoms with Crippen molar-refractivity contribution in [3.8, 4) is 0 Å². The maximum absolute atomic E-state index is 4.80. The maximum atomic E-state index is 4.80. The molecule has 1 rings (SSSR count). The van der Waals surface area contributed by atoms with E-state index in [2.05, 4.69) is 63.9 Å². The molecule has 0 aliphatic heterocycles. The lowest BCUT2D eigenvalue weighted by molar-refractivity contribution is 0.550. The van der Waals surface area contributed by atoms with Crippen molar-refractivity contribution < 1.29 is 0 Å².